The van der Waals surface area contributed by atoms with E-state index in [4.69, 9.17) is 11.1 Å². The summed E-state index contributed by atoms with van der Waals surface area (Å²) < 4.78 is 0. The van der Waals surface area contributed by atoms with E-state index in [1.165, 1.54) is 30.3 Å². The Bertz CT molecular complexity index is 1520. The highest BCUT2D eigenvalue weighted by molar-refractivity contribution is 7.80. The minimum Gasteiger partial charge on any atom is -0.508 e. The Morgan fingerprint density at radius 2 is 1.52 bits per heavy atom. The van der Waals surface area contributed by atoms with E-state index in [9.17, 15) is 34.7 Å². The zero-order valence-corrected chi connectivity index (χ0v) is 25.7. The van der Waals surface area contributed by atoms with Gasteiger partial charge in [-0.1, -0.05) is 42.5 Å². The number of hydrogen-bond acceptors (Lipinski definition) is 9. The fourth-order valence-electron chi connectivity index (χ4n) is 4.58. The molecule has 244 valence electrons. The lowest BCUT2D eigenvalue weighted by molar-refractivity contribution is -0.385. The highest BCUT2D eigenvalue weighted by Gasteiger charge is 2.29. The topological polar surface area (TPSA) is 233 Å². The van der Waals surface area contributed by atoms with Crippen molar-refractivity contribution in [3.63, 3.8) is 0 Å². The molecule has 3 aromatic carbocycles. The Morgan fingerprint density at radius 1 is 0.913 bits per heavy atom. The molecule has 0 spiro atoms. The molecule has 3 atom stereocenters. The number of nitrogens with one attached hydrogen (secondary N) is 5. The third-order valence-corrected chi connectivity index (χ3v) is 7.46. The molecule has 3 aromatic rings. The number of non-ortho nitro benzene ring substituents is 1. The molecule has 9 N–H and O–H groups in total. The van der Waals surface area contributed by atoms with Crippen LogP contribution in [0.3, 0.4) is 0 Å². The monoisotopic (exact) mass is 651 g/mol. The second-order valence-electron chi connectivity index (χ2n) is 10.5. The number of nitro groups is 1. The van der Waals surface area contributed by atoms with E-state index in [0.717, 1.165) is 0 Å². The maximum absolute atomic E-state index is 13.7. The van der Waals surface area contributed by atoms with Crippen molar-refractivity contribution in [2.75, 3.05) is 6.54 Å². The SMILES string of the molecule is N=C(N)NCCC[C@H](NC(=O)[C@H](Cc1ccc(O)cc1)NCc1cc([N+](=O)[O-])ccc1S)C(=O)N[C@@H](Cc1ccccc1)C(=O)O. The second-order valence-corrected chi connectivity index (χ2v) is 11.0. The molecule has 0 radical (unpaired) electrons. The summed E-state index contributed by atoms with van der Waals surface area (Å²) in [6, 6.07) is 15.8. The van der Waals surface area contributed by atoms with Gasteiger partial charge in [0.1, 0.15) is 17.8 Å². The van der Waals surface area contributed by atoms with Gasteiger partial charge in [-0.05, 0) is 54.2 Å². The summed E-state index contributed by atoms with van der Waals surface area (Å²) in [5.74, 6) is -2.77. The van der Waals surface area contributed by atoms with E-state index < -0.39 is 40.8 Å². The number of guanidine groups is 1. The smallest absolute Gasteiger partial charge is 0.326 e. The van der Waals surface area contributed by atoms with Crippen molar-refractivity contribution in [1.82, 2.24) is 21.3 Å². The summed E-state index contributed by atoms with van der Waals surface area (Å²) in [5, 5.41) is 49.2. The number of aliphatic carboxylic acids is 1. The molecule has 0 saturated heterocycles. The van der Waals surface area contributed by atoms with Gasteiger partial charge in [0, 0.05) is 36.5 Å². The maximum atomic E-state index is 13.7. The standard InChI is InChI=1S/C31H37N7O7S/c32-31(33)34-14-4-7-24(28(40)37-26(30(42)43)16-19-5-2-1-3-6-19)36-29(41)25(15-20-8-11-23(39)12-9-20)35-18-21-17-22(38(44)45)10-13-27(21)46/h1-3,5-6,8-13,17,24-26,35,39,46H,4,7,14-16,18H2,(H,36,41)(H,37,40)(H,42,43)(H4,32,33,34)/t24-,25-,26-/m0/s1. The first kappa shape index (κ1) is 35.3. The van der Waals surface area contributed by atoms with Crippen LogP contribution in [0.25, 0.3) is 0 Å². The third-order valence-electron chi connectivity index (χ3n) is 7.02. The number of carboxylic acid groups (broad SMARTS) is 1. The molecule has 46 heavy (non-hydrogen) atoms. The van der Waals surface area contributed by atoms with Crippen LogP contribution in [0.2, 0.25) is 0 Å². The number of benzene rings is 3. The van der Waals surface area contributed by atoms with Gasteiger partial charge >= 0.3 is 5.97 Å². The van der Waals surface area contributed by atoms with Crippen LogP contribution in [-0.4, -0.2) is 63.5 Å². The van der Waals surface area contributed by atoms with Crippen LogP contribution >= 0.6 is 12.6 Å². The summed E-state index contributed by atoms with van der Waals surface area (Å²) >= 11 is 4.38. The molecule has 14 nitrogen and oxygen atoms in total. The van der Waals surface area contributed by atoms with Gasteiger partial charge in [0.2, 0.25) is 11.8 Å². The number of nitro benzene ring substituents is 1. The average molecular weight is 652 g/mol. The molecule has 0 aromatic heterocycles. The number of aromatic hydroxyl groups is 1. The minimum atomic E-state index is -1.27. The normalized spacial score (nSPS) is 12.7. The summed E-state index contributed by atoms with van der Waals surface area (Å²) in [5.41, 5.74) is 7.05. The van der Waals surface area contributed by atoms with Crippen molar-refractivity contribution >= 4 is 42.1 Å². The predicted octanol–water partition coefficient (Wildman–Crippen LogP) is 1.85. The third kappa shape index (κ3) is 11.4. The van der Waals surface area contributed by atoms with Crippen LogP contribution in [0.1, 0.15) is 29.5 Å². The van der Waals surface area contributed by atoms with Gasteiger partial charge in [0.15, 0.2) is 5.96 Å². The molecule has 0 aliphatic rings. The first-order valence-electron chi connectivity index (χ1n) is 14.4. The lowest BCUT2D eigenvalue weighted by atomic mass is 10.0. The van der Waals surface area contributed by atoms with Gasteiger partial charge in [-0.3, -0.25) is 25.1 Å². The number of nitrogens with two attached hydrogens (primary N) is 1. The van der Waals surface area contributed by atoms with Gasteiger partial charge in [-0.2, -0.15) is 0 Å². The van der Waals surface area contributed by atoms with Gasteiger partial charge in [0.05, 0.1) is 11.0 Å². The lowest BCUT2D eigenvalue weighted by Crippen LogP contribution is -2.56. The van der Waals surface area contributed by atoms with Gasteiger partial charge in [-0.15, -0.1) is 12.6 Å². The van der Waals surface area contributed by atoms with Crippen LogP contribution in [0.4, 0.5) is 5.69 Å². The number of amides is 2. The summed E-state index contributed by atoms with van der Waals surface area (Å²) in [6.45, 7) is 0.252. The Morgan fingerprint density at radius 3 is 2.15 bits per heavy atom. The van der Waals surface area contributed by atoms with E-state index in [0.29, 0.717) is 28.0 Å². The quantitative estimate of drug-likeness (QED) is 0.0257. The number of carbonyl (C=O) groups is 3. The van der Waals surface area contributed by atoms with Gasteiger partial charge in [0.25, 0.3) is 5.69 Å². The molecule has 0 aliphatic carbocycles. The molecule has 0 unspecified atom stereocenters. The fraction of sp³-hybridized carbons (Fsp3) is 0.290. The number of hydrogen-bond donors (Lipinski definition) is 9. The first-order chi connectivity index (χ1) is 21.9. The molecule has 0 aliphatic heterocycles. The Kier molecular flexibility index (Phi) is 13.3. The predicted molar refractivity (Wildman–Crippen MR) is 174 cm³/mol. The van der Waals surface area contributed by atoms with Crippen LogP contribution < -0.4 is 27.0 Å². The van der Waals surface area contributed by atoms with Crippen molar-refractivity contribution in [2.45, 2.75) is 55.2 Å². The maximum Gasteiger partial charge on any atom is 0.326 e. The highest BCUT2D eigenvalue weighted by Crippen LogP contribution is 2.21. The zero-order valence-electron chi connectivity index (χ0n) is 24.8. The van der Waals surface area contributed by atoms with E-state index in [1.54, 1.807) is 42.5 Å². The number of phenols is 1. The van der Waals surface area contributed by atoms with Crippen molar-refractivity contribution in [1.29, 1.82) is 5.41 Å². The van der Waals surface area contributed by atoms with Gasteiger partial charge in [-0.25, -0.2) is 4.79 Å². The molecule has 0 saturated carbocycles. The number of nitrogens with zero attached hydrogens (tertiary/aromatic N) is 1. The summed E-state index contributed by atoms with van der Waals surface area (Å²) in [4.78, 5) is 50.5. The number of phenolic OH excluding ortho intramolecular Hbond substituents is 1. The van der Waals surface area contributed by atoms with Crippen molar-refractivity contribution in [2.24, 2.45) is 5.73 Å². The molecule has 2 amide bonds. The highest BCUT2D eigenvalue weighted by atomic mass is 32.1. The van der Waals surface area contributed by atoms with Gasteiger partial charge < -0.3 is 37.2 Å². The summed E-state index contributed by atoms with van der Waals surface area (Å²) in [7, 11) is 0. The fourth-order valence-corrected chi connectivity index (χ4v) is 4.80. The lowest BCUT2D eigenvalue weighted by Gasteiger charge is -2.25. The zero-order chi connectivity index (χ0) is 33.6. The molecule has 15 heteroatoms. The molecule has 0 heterocycles. The Balaban J connectivity index is 1.83. The van der Waals surface area contributed by atoms with E-state index >= 15 is 0 Å². The van der Waals surface area contributed by atoms with Crippen molar-refractivity contribution in [3.8, 4) is 5.75 Å². The molecule has 3 rings (SSSR count). The molecular weight excluding hydrogens is 614 g/mol. The van der Waals surface area contributed by atoms with Crippen LogP contribution in [0.5, 0.6) is 5.75 Å². The number of thiol groups is 1. The second kappa shape index (κ2) is 17.4. The molecular formula is C31H37N7O7S. The van der Waals surface area contributed by atoms with Crippen LogP contribution in [-0.2, 0) is 33.8 Å². The number of carboxylic acids is 1. The summed E-state index contributed by atoms with van der Waals surface area (Å²) in [6.07, 6.45) is 0.540. The first-order valence-corrected chi connectivity index (χ1v) is 14.8. The van der Waals surface area contributed by atoms with Crippen LogP contribution in [0, 0.1) is 15.5 Å². The van der Waals surface area contributed by atoms with Crippen molar-refractivity contribution < 1.29 is 29.5 Å². The van der Waals surface area contributed by atoms with E-state index in [1.807, 2.05) is 0 Å². The van der Waals surface area contributed by atoms with E-state index in [2.05, 4.69) is 33.9 Å². The number of carbonyl (C=O) groups excluding carboxylic acids is 2. The largest absolute Gasteiger partial charge is 0.508 e. The molecule has 0 fully saturated rings. The van der Waals surface area contributed by atoms with Crippen LogP contribution in [0.15, 0.2) is 77.7 Å². The minimum absolute atomic E-state index is 0.0221. The Labute approximate surface area is 270 Å². The number of rotatable bonds is 17. The molecule has 0 bridgehead atoms. The Hall–Kier alpha value is -5.15. The average Bonchev–Trinajstić information content (AvgIpc) is 3.02. The van der Waals surface area contributed by atoms with E-state index in [-0.39, 0.29) is 49.7 Å². The van der Waals surface area contributed by atoms with Crippen molar-refractivity contribution in [3.05, 3.63) is 99.6 Å².